The number of hydrogen-bond acceptors (Lipinski definition) is 5. The highest BCUT2D eigenvalue weighted by Gasteiger charge is 2.35. The van der Waals surface area contributed by atoms with Gasteiger partial charge >= 0.3 is 12.2 Å². The number of carbonyl (C=O) groups excluding carboxylic acids is 2. The Morgan fingerprint density at radius 3 is 2.65 bits per heavy atom. The fraction of sp³-hybridized carbons (Fsp3) is 0.400. The van der Waals surface area contributed by atoms with E-state index in [9.17, 15) is 22.8 Å². The minimum absolute atomic E-state index is 0.0318. The molecule has 3 amide bonds. The van der Waals surface area contributed by atoms with Gasteiger partial charge in [-0.15, -0.1) is 10.2 Å². The Morgan fingerprint density at radius 1 is 1.23 bits per heavy atom. The number of hydrogen-bond donors (Lipinski definition) is 0. The van der Waals surface area contributed by atoms with Crippen molar-refractivity contribution < 1.29 is 22.8 Å². The van der Waals surface area contributed by atoms with Gasteiger partial charge in [0.25, 0.3) is 0 Å². The molecule has 138 valence electrons. The second-order valence-corrected chi connectivity index (χ2v) is 5.95. The molecule has 0 N–H and O–H groups in total. The van der Waals surface area contributed by atoms with Crippen LogP contribution in [0.25, 0.3) is 11.4 Å². The SMILES string of the molecule is CN1C(=O)CC(Cn2nnc(-c3cccc(C(F)(F)F)c3)n2)N(C)C1=O. The van der Waals surface area contributed by atoms with Crippen molar-refractivity contribution >= 4 is 11.9 Å². The molecule has 0 saturated carbocycles. The molecule has 1 aromatic heterocycles. The lowest BCUT2D eigenvalue weighted by Crippen LogP contribution is -2.55. The predicted molar refractivity (Wildman–Crippen MR) is 82.6 cm³/mol. The van der Waals surface area contributed by atoms with Crippen LogP contribution < -0.4 is 0 Å². The number of urea groups is 1. The zero-order valence-corrected chi connectivity index (χ0v) is 13.9. The van der Waals surface area contributed by atoms with Crippen molar-refractivity contribution in [3.05, 3.63) is 29.8 Å². The molecule has 0 spiro atoms. The van der Waals surface area contributed by atoms with Gasteiger partial charge in [-0.05, 0) is 17.3 Å². The molecule has 1 atom stereocenters. The van der Waals surface area contributed by atoms with E-state index in [2.05, 4.69) is 15.4 Å². The van der Waals surface area contributed by atoms with E-state index in [1.54, 1.807) is 7.05 Å². The number of aromatic nitrogens is 4. The lowest BCUT2D eigenvalue weighted by Gasteiger charge is -2.35. The lowest BCUT2D eigenvalue weighted by molar-refractivity contribution is -0.137. The Balaban J connectivity index is 1.79. The maximum atomic E-state index is 12.8. The first-order valence-electron chi connectivity index (χ1n) is 7.65. The summed E-state index contributed by atoms with van der Waals surface area (Å²) in [5.74, 6) is -0.291. The average Bonchev–Trinajstić information content (AvgIpc) is 3.06. The van der Waals surface area contributed by atoms with Crippen molar-refractivity contribution in [3.8, 4) is 11.4 Å². The van der Waals surface area contributed by atoms with Crippen molar-refractivity contribution in [1.82, 2.24) is 30.0 Å². The first-order chi connectivity index (χ1) is 12.2. The summed E-state index contributed by atoms with van der Waals surface area (Å²) in [5, 5.41) is 11.6. The lowest BCUT2D eigenvalue weighted by atomic mass is 10.1. The van der Waals surface area contributed by atoms with E-state index < -0.39 is 23.8 Å². The number of benzene rings is 1. The molecule has 1 aromatic carbocycles. The largest absolute Gasteiger partial charge is 0.416 e. The van der Waals surface area contributed by atoms with Gasteiger partial charge in [-0.1, -0.05) is 12.1 Å². The summed E-state index contributed by atoms with van der Waals surface area (Å²) in [4.78, 5) is 27.4. The van der Waals surface area contributed by atoms with Gasteiger partial charge in [-0.25, -0.2) is 4.79 Å². The number of halogens is 3. The minimum Gasteiger partial charge on any atom is -0.322 e. The summed E-state index contributed by atoms with van der Waals surface area (Å²) in [7, 11) is 2.96. The molecule has 1 aliphatic heterocycles. The molecule has 11 heteroatoms. The van der Waals surface area contributed by atoms with E-state index in [1.807, 2.05) is 0 Å². The van der Waals surface area contributed by atoms with E-state index in [-0.39, 0.29) is 30.3 Å². The molecule has 1 unspecified atom stereocenters. The fourth-order valence-corrected chi connectivity index (χ4v) is 2.62. The number of tetrazole rings is 1. The van der Waals surface area contributed by atoms with Gasteiger partial charge in [0.05, 0.1) is 18.2 Å². The standard InChI is InChI=1S/C15H15F3N6O2/c1-22-11(7-12(25)23(2)14(22)26)8-24-20-13(19-21-24)9-4-3-5-10(6-9)15(16,17)18/h3-6,11H,7-8H2,1-2H3. The third-order valence-corrected chi connectivity index (χ3v) is 4.20. The van der Waals surface area contributed by atoms with E-state index in [1.165, 1.54) is 28.9 Å². The first-order valence-corrected chi connectivity index (χ1v) is 7.65. The predicted octanol–water partition coefficient (Wildman–Crippen LogP) is 1.64. The highest BCUT2D eigenvalue weighted by molar-refractivity contribution is 5.96. The third kappa shape index (κ3) is 3.37. The summed E-state index contributed by atoms with van der Waals surface area (Å²) < 4.78 is 38.4. The fourth-order valence-electron chi connectivity index (χ4n) is 2.62. The van der Waals surface area contributed by atoms with Crippen LogP contribution in [0.1, 0.15) is 12.0 Å². The van der Waals surface area contributed by atoms with Crippen LogP contribution in [0.3, 0.4) is 0 Å². The number of rotatable bonds is 3. The summed E-state index contributed by atoms with van der Waals surface area (Å²) in [6.45, 7) is 0.105. The van der Waals surface area contributed by atoms with Crippen LogP contribution in [-0.2, 0) is 17.5 Å². The Labute approximate surface area is 146 Å². The van der Waals surface area contributed by atoms with Gasteiger partial charge in [-0.3, -0.25) is 9.69 Å². The van der Waals surface area contributed by atoms with Crippen molar-refractivity contribution in [2.45, 2.75) is 25.2 Å². The number of amides is 3. The molecule has 3 rings (SSSR count). The maximum Gasteiger partial charge on any atom is 0.416 e. The summed E-state index contributed by atoms with van der Waals surface area (Å²) in [5.41, 5.74) is -0.632. The Kier molecular flexibility index (Phi) is 4.38. The molecule has 8 nitrogen and oxygen atoms in total. The number of alkyl halides is 3. The van der Waals surface area contributed by atoms with Gasteiger partial charge in [-0.2, -0.15) is 18.0 Å². The van der Waals surface area contributed by atoms with Crippen LogP contribution in [0.5, 0.6) is 0 Å². The van der Waals surface area contributed by atoms with Crippen LogP contribution >= 0.6 is 0 Å². The topological polar surface area (TPSA) is 84.2 Å². The van der Waals surface area contributed by atoms with Gasteiger partial charge in [0.15, 0.2) is 0 Å². The van der Waals surface area contributed by atoms with Crippen LogP contribution in [0.15, 0.2) is 24.3 Å². The van der Waals surface area contributed by atoms with E-state index in [0.717, 1.165) is 17.0 Å². The Bertz CT molecular complexity index is 850. The monoisotopic (exact) mass is 368 g/mol. The number of carbonyl (C=O) groups is 2. The van der Waals surface area contributed by atoms with Crippen molar-refractivity contribution in [2.24, 2.45) is 0 Å². The Morgan fingerprint density at radius 2 is 1.96 bits per heavy atom. The van der Waals surface area contributed by atoms with Crippen molar-refractivity contribution in [1.29, 1.82) is 0 Å². The molecule has 0 radical (unpaired) electrons. The molecule has 2 heterocycles. The molecule has 1 fully saturated rings. The summed E-state index contributed by atoms with van der Waals surface area (Å²) in [6.07, 6.45) is -4.37. The molecule has 1 saturated heterocycles. The average molecular weight is 368 g/mol. The Hall–Kier alpha value is -2.98. The van der Waals surface area contributed by atoms with Crippen LogP contribution in [-0.4, -0.2) is 62.1 Å². The normalized spacial score (nSPS) is 18.6. The molecule has 1 aliphatic rings. The minimum atomic E-state index is -4.47. The summed E-state index contributed by atoms with van der Waals surface area (Å²) in [6, 6.07) is 3.71. The van der Waals surface area contributed by atoms with Crippen LogP contribution in [0, 0.1) is 0 Å². The second-order valence-electron chi connectivity index (χ2n) is 5.95. The van der Waals surface area contributed by atoms with E-state index in [4.69, 9.17) is 0 Å². The van der Waals surface area contributed by atoms with Crippen molar-refractivity contribution in [2.75, 3.05) is 14.1 Å². The molecular weight excluding hydrogens is 353 g/mol. The zero-order valence-electron chi connectivity index (χ0n) is 13.9. The summed E-state index contributed by atoms with van der Waals surface area (Å²) >= 11 is 0. The highest BCUT2D eigenvalue weighted by atomic mass is 19.4. The van der Waals surface area contributed by atoms with Gasteiger partial charge in [0, 0.05) is 26.1 Å². The van der Waals surface area contributed by atoms with Gasteiger partial charge in [0.2, 0.25) is 11.7 Å². The second kappa shape index (κ2) is 6.39. The molecule has 0 aliphatic carbocycles. The van der Waals surface area contributed by atoms with Crippen LogP contribution in [0.4, 0.5) is 18.0 Å². The van der Waals surface area contributed by atoms with Gasteiger partial charge < -0.3 is 4.90 Å². The van der Waals surface area contributed by atoms with Gasteiger partial charge in [0.1, 0.15) is 0 Å². The van der Waals surface area contributed by atoms with Crippen LogP contribution in [0.2, 0.25) is 0 Å². The first kappa shape index (κ1) is 17.8. The molecule has 2 aromatic rings. The van der Waals surface area contributed by atoms with E-state index >= 15 is 0 Å². The number of imide groups is 1. The highest BCUT2D eigenvalue weighted by Crippen LogP contribution is 2.31. The maximum absolute atomic E-state index is 12.8. The molecule has 26 heavy (non-hydrogen) atoms. The number of likely N-dealkylation sites (N-methyl/N-ethyl adjacent to an activating group) is 1. The molecule has 0 bridgehead atoms. The third-order valence-electron chi connectivity index (χ3n) is 4.20. The van der Waals surface area contributed by atoms with Crippen molar-refractivity contribution in [3.63, 3.8) is 0 Å². The smallest absolute Gasteiger partial charge is 0.322 e. The molecular formula is C15H15F3N6O2. The van der Waals surface area contributed by atoms with E-state index in [0.29, 0.717) is 0 Å². The zero-order chi connectivity index (χ0) is 19.1. The number of nitrogens with zero attached hydrogens (tertiary/aromatic N) is 6. The quantitative estimate of drug-likeness (QED) is 0.822.